The van der Waals surface area contributed by atoms with Gasteiger partial charge in [0, 0.05) is 6.54 Å². The Labute approximate surface area is 135 Å². The van der Waals surface area contributed by atoms with Crippen molar-refractivity contribution in [2.24, 2.45) is 0 Å². The number of thiophene rings is 1. The van der Waals surface area contributed by atoms with E-state index in [9.17, 15) is 12.8 Å². The summed E-state index contributed by atoms with van der Waals surface area (Å²) >= 11 is 6.80. The van der Waals surface area contributed by atoms with Crippen molar-refractivity contribution in [3.8, 4) is 6.01 Å². The molecule has 1 fully saturated rings. The maximum absolute atomic E-state index is 12.7. The third-order valence-electron chi connectivity index (χ3n) is 3.12. The molecule has 0 N–H and O–H groups in total. The maximum atomic E-state index is 12.7. The second-order valence-corrected chi connectivity index (χ2v) is 8.51. The SMILES string of the molecule is O=S(=O)(c1ccc(Cl)s1)N1CC[C@H](Oc2ncc(F)cn2)C1. The van der Waals surface area contributed by atoms with Gasteiger partial charge in [0.2, 0.25) is 0 Å². The Balaban J connectivity index is 1.68. The molecule has 0 aliphatic carbocycles. The van der Waals surface area contributed by atoms with Crippen molar-refractivity contribution >= 4 is 33.0 Å². The fourth-order valence-electron chi connectivity index (χ4n) is 2.09. The molecule has 3 rings (SSSR count). The Morgan fingerprint density at radius 1 is 1.36 bits per heavy atom. The lowest BCUT2D eigenvalue weighted by Gasteiger charge is -2.15. The van der Waals surface area contributed by atoms with Gasteiger partial charge in [-0.1, -0.05) is 11.6 Å². The van der Waals surface area contributed by atoms with Crippen LogP contribution in [0.15, 0.2) is 28.7 Å². The molecule has 1 saturated heterocycles. The average Bonchev–Trinajstić information content (AvgIpc) is 3.11. The van der Waals surface area contributed by atoms with E-state index >= 15 is 0 Å². The van der Waals surface area contributed by atoms with E-state index in [4.69, 9.17) is 16.3 Å². The third kappa shape index (κ3) is 3.22. The maximum Gasteiger partial charge on any atom is 0.316 e. The lowest BCUT2D eigenvalue weighted by molar-refractivity contribution is 0.197. The molecule has 0 saturated carbocycles. The first kappa shape index (κ1) is 15.6. The van der Waals surface area contributed by atoms with E-state index in [1.165, 1.54) is 10.4 Å². The van der Waals surface area contributed by atoms with Crippen molar-refractivity contribution in [3.05, 3.63) is 34.7 Å². The van der Waals surface area contributed by atoms with Crippen molar-refractivity contribution in [2.45, 2.75) is 16.7 Å². The van der Waals surface area contributed by atoms with Crippen molar-refractivity contribution in [2.75, 3.05) is 13.1 Å². The molecule has 1 atom stereocenters. The van der Waals surface area contributed by atoms with E-state index in [1.54, 1.807) is 6.07 Å². The van der Waals surface area contributed by atoms with Gasteiger partial charge in [0.25, 0.3) is 10.0 Å². The number of rotatable bonds is 4. The summed E-state index contributed by atoms with van der Waals surface area (Å²) in [6, 6.07) is 3.07. The summed E-state index contributed by atoms with van der Waals surface area (Å²) in [7, 11) is -3.56. The number of halogens is 2. The molecule has 3 heterocycles. The minimum atomic E-state index is -3.56. The number of aromatic nitrogens is 2. The fourth-order valence-corrected chi connectivity index (χ4v) is 5.21. The summed E-state index contributed by atoms with van der Waals surface area (Å²) in [6.45, 7) is 0.530. The molecule has 0 aromatic carbocycles. The van der Waals surface area contributed by atoms with Crippen molar-refractivity contribution in [3.63, 3.8) is 0 Å². The van der Waals surface area contributed by atoms with E-state index in [0.29, 0.717) is 17.3 Å². The molecule has 22 heavy (non-hydrogen) atoms. The van der Waals surface area contributed by atoms with Crippen molar-refractivity contribution in [1.29, 1.82) is 0 Å². The van der Waals surface area contributed by atoms with E-state index < -0.39 is 15.8 Å². The van der Waals surface area contributed by atoms with Crippen LogP contribution in [0.4, 0.5) is 4.39 Å². The Morgan fingerprint density at radius 2 is 2.09 bits per heavy atom. The number of ether oxygens (including phenoxy) is 1. The molecule has 0 spiro atoms. The second-order valence-electron chi connectivity index (χ2n) is 4.63. The van der Waals surface area contributed by atoms with Gasteiger partial charge in [-0.3, -0.25) is 0 Å². The molecule has 0 unspecified atom stereocenters. The van der Waals surface area contributed by atoms with Crippen LogP contribution in [0.1, 0.15) is 6.42 Å². The first-order valence-electron chi connectivity index (χ1n) is 6.35. The van der Waals surface area contributed by atoms with E-state index in [0.717, 1.165) is 23.7 Å². The molecule has 0 bridgehead atoms. The van der Waals surface area contributed by atoms with Crippen LogP contribution in [-0.2, 0) is 10.0 Å². The van der Waals surface area contributed by atoms with Crippen LogP contribution in [0.5, 0.6) is 6.01 Å². The summed E-state index contributed by atoms with van der Waals surface area (Å²) in [5.74, 6) is -0.558. The van der Waals surface area contributed by atoms with Crippen LogP contribution >= 0.6 is 22.9 Å². The molecular weight excluding hydrogens is 353 g/mol. The molecule has 1 aliphatic rings. The molecule has 2 aromatic rings. The second kappa shape index (κ2) is 6.07. The van der Waals surface area contributed by atoms with Crippen LogP contribution < -0.4 is 4.74 Å². The van der Waals surface area contributed by atoms with Crippen LogP contribution in [0.2, 0.25) is 4.34 Å². The topological polar surface area (TPSA) is 72.4 Å². The number of hydrogen-bond donors (Lipinski definition) is 0. The molecule has 10 heteroatoms. The van der Waals surface area contributed by atoms with Crippen molar-refractivity contribution < 1.29 is 17.5 Å². The van der Waals surface area contributed by atoms with E-state index in [-0.39, 0.29) is 22.9 Å². The molecule has 0 radical (unpaired) electrons. The first-order valence-corrected chi connectivity index (χ1v) is 8.98. The van der Waals surface area contributed by atoms with E-state index in [2.05, 4.69) is 9.97 Å². The van der Waals surface area contributed by atoms with E-state index in [1.807, 2.05) is 0 Å². The zero-order valence-electron chi connectivity index (χ0n) is 11.1. The highest BCUT2D eigenvalue weighted by atomic mass is 35.5. The fraction of sp³-hybridized carbons (Fsp3) is 0.333. The average molecular weight is 364 g/mol. The Morgan fingerprint density at radius 3 is 2.73 bits per heavy atom. The first-order chi connectivity index (χ1) is 10.4. The van der Waals surface area contributed by atoms with Gasteiger partial charge in [0.15, 0.2) is 5.82 Å². The van der Waals surface area contributed by atoms with Gasteiger partial charge < -0.3 is 4.74 Å². The Bertz CT molecular complexity index is 766. The molecular formula is C12H11ClFN3O3S2. The summed E-state index contributed by atoms with van der Waals surface area (Å²) in [5.41, 5.74) is 0. The van der Waals surface area contributed by atoms with Gasteiger partial charge in [-0.05, 0) is 18.6 Å². The lowest BCUT2D eigenvalue weighted by Crippen LogP contribution is -2.30. The van der Waals surface area contributed by atoms with Gasteiger partial charge in [-0.2, -0.15) is 4.31 Å². The highest BCUT2D eigenvalue weighted by molar-refractivity contribution is 7.91. The van der Waals surface area contributed by atoms with Crippen molar-refractivity contribution in [1.82, 2.24) is 14.3 Å². The predicted octanol–water partition coefficient (Wildman–Crippen LogP) is 2.17. The Kier molecular flexibility index (Phi) is 4.31. The number of nitrogens with zero attached hydrogens (tertiary/aromatic N) is 3. The summed E-state index contributed by atoms with van der Waals surface area (Å²) < 4.78 is 45.0. The van der Waals surface area contributed by atoms with Crippen LogP contribution in [-0.4, -0.2) is 41.9 Å². The lowest BCUT2D eigenvalue weighted by atomic mass is 10.3. The molecule has 6 nitrogen and oxygen atoms in total. The zero-order valence-corrected chi connectivity index (χ0v) is 13.5. The molecule has 118 valence electrons. The largest absolute Gasteiger partial charge is 0.459 e. The Hall–Kier alpha value is -1.29. The quantitative estimate of drug-likeness (QED) is 0.832. The summed E-state index contributed by atoms with van der Waals surface area (Å²) in [5, 5.41) is 0. The molecule has 1 aliphatic heterocycles. The normalized spacial score (nSPS) is 19.5. The summed E-state index contributed by atoms with van der Waals surface area (Å²) in [6.07, 6.45) is 2.15. The van der Waals surface area contributed by atoms with Crippen LogP contribution in [0, 0.1) is 5.82 Å². The smallest absolute Gasteiger partial charge is 0.316 e. The van der Waals surface area contributed by atoms with Gasteiger partial charge >= 0.3 is 6.01 Å². The van der Waals surface area contributed by atoms with Gasteiger partial charge in [0.1, 0.15) is 10.3 Å². The molecule has 2 aromatic heterocycles. The predicted molar refractivity (Wildman–Crippen MR) is 79.1 cm³/mol. The highest BCUT2D eigenvalue weighted by Crippen LogP contribution is 2.30. The standard InChI is InChI=1S/C12H11ClFN3O3S2/c13-10-1-2-11(21-10)22(18,19)17-4-3-9(7-17)20-12-15-5-8(14)6-16-12/h1-2,5-6,9H,3-4,7H2/t9-/m0/s1. The number of sulfonamides is 1. The third-order valence-corrected chi connectivity index (χ3v) is 6.68. The minimum Gasteiger partial charge on any atom is -0.459 e. The van der Waals surface area contributed by atoms with Crippen LogP contribution in [0.25, 0.3) is 0 Å². The van der Waals surface area contributed by atoms with Gasteiger partial charge in [-0.15, -0.1) is 11.3 Å². The monoisotopic (exact) mass is 363 g/mol. The summed E-state index contributed by atoms with van der Waals surface area (Å²) in [4.78, 5) is 7.40. The van der Waals surface area contributed by atoms with Gasteiger partial charge in [0.05, 0.1) is 23.3 Å². The number of hydrogen-bond acceptors (Lipinski definition) is 6. The zero-order chi connectivity index (χ0) is 15.7. The highest BCUT2D eigenvalue weighted by Gasteiger charge is 2.34. The molecule has 0 amide bonds. The van der Waals surface area contributed by atoms with Crippen LogP contribution in [0.3, 0.4) is 0 Å². The minimum absolute atomic E-state index is 0.0322. The van der Waals surface area contributed by atoms with Gasteiger partial charge in [-0.25, -0.2) is 22.8 Å².